The van der Waals surface area contributed by atoms with Gasteiger partial charge in [-0.1, -0.05) is 13.8 Å². The van der Waals surface area contributed by atoms with Crippen molar-refractivity contribution in [3.63, 3.8) is 0 Å². The smallest absolute Gasteiger partial charge is 0.140 e. The first-order valence-electron chi connectivity index (χ1n) is 6.02. The lowest BCUT2D eigenvalue weighted by Crippen LogP contribution is -2.29. The molecule has 0 bridgehead atoms. The molecule has 0 amide bonds. The molecular weight excluding hydrogens is 244 g/mol. The highest BCUT2D eigenvalue weighted by molar-refractivity contribution is 7.16. The van der Waals surface area contributed by atoms with E-state index in [4.69, 9.17) is 5.26 Å². The van der Waals surface area contributed by atoms with Crippen molar-refractivity contribution in [2.24, 2.45) is 5.92 Å². The molecule has 0 aromatic carbocycles. The Balaban J connectivity index is 2.34. The van der Waals surface area contributed by atoms with E-state index < -0.39 is 0 Å². The maximum absolute atomic E-state index is 8.76. The van der Waals surface area contributed by atoms with Gasteiger partial charge in [0.05, 0.1) is 17.9 Å². The van der Waals surface area contributed by atoms with Crippen molar-refractivity contribution in [3.8, 4) is 6.07 Å². The summed E-state index contributed by atoms with van der Waals surface area (Å²) >= 11 is 1.62. The fourth-order valence-electron chi connectivity index (χ4n) is 1.94. The van der Waals surface area contributed by atoms with Crippen LogP contribution in [0.3, 0.4) is 0 Å². The van der Waals surface area contributed by atoms with Crippen LogP contribution < -0.4 is 4.90 Å². The minimum Gasteiger partial charge on any atom is -0.355 e. The molecule has 0 aliphatic rings. The third kappa shape index (κ3) is 2.77. The van der Waals surface area contributed by atoms with E-state index in [-0.39, 0.29) is 0 Å². The standard InChI is InChI=1S/C13H16N4S/c1-10(2)8-17(6-3-5-14)12-11-4-7-18-13(11)16-9-15-12/h4,7,9-10H,3,6,8H2,1-2H3. The highest BCUT2D eigenvalue weighted by atomic mass is 32.1. The van der Waals surface area contributed by atoms with E-state index in [1.165, 1.54) is 0 Å². The molecule has 0 unspecified atom stereocenters. The highest BCUT2D eigenvalue weighted by Gasteiger charge is 2.14. The van der Waals surface area contributed by atoms with Gasteiger partial charge in [-0.3, -0.25) is 0 Å². The predicted molar refractivity (Wildman–Crippen MR) is 74.7 cm³/mol. The molecule has 2 heterocycles. The van der Waals surface area contributed by atoms with Gasteiger partial charge in [-0.05, 0) is 17.4 Å². The quantitative estimate of drug-likeness (QED) is 0.829. The Bertz CT molecular complexity index is 555. The Hall–Kier alpha value is -1.67. The van der Waals surface area contributed by atoms with Crippen molar-refractivity contribution in [3.05, 3.63) is 17.8 Å². The van der Waals surface area contributed by atoms with Crippen molar-refractivity contribution >= 4 is 27.4 Å². The number of thiophene rings is 1. The van der Waals surface area contributed by atoms with Gasteiger partial charge in [0.1, 0.15) is 17.0 Å². The lowest BCUT2D eigenvalue weighted by molar-refractivity contribution is 0.609. The van der Waals surface area contributed by atoms with E-state index in [0.29, 0.717) is 12.3 Å². The Kier molecular flexibility index (Phi) is 4.11. The van der Waals surface area contributed by atoms with Crippen molar-refractivity contribution in [2.75, 3.05) is 18.0 Å². The molecule has 0 radical (unpaired) electrons. The number of nitriles is 1. The van der Waals surface area contributed by atoms with Crippen LogP contribution >= 0.6 is 11.3 Å². The van der Waals surface area contributed by atoms with E-state index in [2.05, 4.69) is 40.9 Å². The van der Waals surface area contributed by atoms with Crippen LogP contribution in [0, 0.1) is 17.2 Å². The second-order valence-electron chi connectivity index (χ2n) is 4.58. The largest absolute Gasteiger partial charge is 0.355 e. The summed E-state index contributed by atoms with van der Waals surface area (Å²) < 4.78 is 0. The molecule has 2 aromatic heterocycles. The van der Waals surface area contributed by atoms with E-state index in [9.17, 15) is 0 Å². The van der Waals surface area contributed by atoms with Crippen LogP contribution in [0.1, 0.15) is 20.3 Å². The zero-order chi connectivity index (χ0) is 13.0. The van der Waals surface area contributed by atoms with Gasteiger partial charge in [-0.15, -0.1) is 11.3 Å². The molecule has 18 heavy (non-hydrogen) atoms. The van der Waals surface area contributed by atoms with Gasteiger partial charge >= 0.3 is 0 Å². The van der Waals surface area contributed by atoms with Gasteiger partial charge in [0, 0.05) is 13.1 Å². The third-order valence-corrected chi connectivity index (χ3v) is 3.44. The topological polar surface area (TPSA) is 52.8 Å². The molecule has 0 atom stereocenters. The van der Waals surface area contributed by atoms with Gasteiger partial charge in [-0.2, -0.15) is 5.26 Å². The molecular formula is C13H16N4S. The zero-order valence-electron chi connectivity index (χ0n) is 10.6. The van der Waals surface area contributed by atoms with Crippen LogP contribution in [0.25, 0.3) is 10.2 Å². The highest BCUT2D eigenvalue weighted by Crippen LogP contribution is 2.27. The minimum absolute atomic E-state index is 0.516. The van der Waals surface area contributed by atoms with E-state index in [0.717, 1.165) is 29.1 Å². The number of nitrogens with zero attached hydrogens (tertiary/aromatic N) is 4. The summed E-state index contributed by atoms with van der Waals surface area (Å²) in [6, 6.07) is 4.25. The number of rotatable bonds is 5. The Labute approximate surface area is 111 Å². The maximum atomic E-state index is 8.76. The fraction of sp³-hybridized carbons (Fsp3) is 0.462. The molecule has 94 valence electrons. The number of hydrogen-bond donors (Lipinski definition) is 0. The molecule has 0 saturated heterocycles. The second kappa shape index (κ2) is 5.78. The first-order valence-corrected chi connectivity index (χ1v) is 6.90. The summed E-state index contributed by atoms with van der Waals surface area (Å²) in [6.07, 6.45) is 2.12. The molecule has 0 saturated carbocycles. The molecule has 4 nitrogen and oxygen atoms in total. The zero-order valence-corrected chi connectivity index (χ0v) is 11.4. The first kappa shape index (κ1) is 12.8. The average molecular weight is 260 g/mol. The summed E-state index contributed by atoms with van der Waals surface area (Å²) in [7, 11) is 0. The lowest BCUT2D eigenvalue weighted by Gasteiger charge is -2.25. The summed E-state index contributed by atoms with van der Waals surface area (Å²) in [5.74, 6) is 1.48. The predicted octanol–water partition coefficient (Wildman–Crippen LogP) is 3.07. The molecule has 5 heteroatoms. The SMILES string of the molecule is CC(C)CN(CCC#N)c1ncnc2sccc12. The van der Waals surface area contributed by atoms with Crippen LogP contribution in [0.4, 0.5) is 5.82 Å². The second-order valence-corrected chi connectivity index (χ2v) is 5.48. The Morgan fingerprint density at radius 3 is 3.00 bits per heavy atom. The summed E-state index contributed by atoms with van der Waals surface area (Å²) in [5.41, 5.74) is 0. The van der Waals surface area contributed by atoms with Crippen LogP contribution in [-0.4, -0.2) is 23.1 Å². The van der Waals surface area contributed by atoms with Gasteiger partial charge in [-0.25, -0.2) is 9.97 Å². The minimum atomic E-state index is 0.516. The number of aromatic nitrogens is 2. The van der Waals surface area contributed by atoms with Crippen molar-refractivity contribution in [1.29, 1.82) is 5.26 Å². The Morgan fingerprint density at radius 2 is 2.28 bits per heavy atom. The van der Waals surface area contributed by atoms with Crippen LogP contribution in [-0.2, 0) is 0 Å². The van der Waals surface area contributed by atoms with E-state index >= 15 is 0 Å². The van der Waals surface area contributed by atoms with E-state index in [1.807, 2.05) is 5.38 Å². The van der Waals surface area contributed by atoms with Crippen LogP contribution in [0.15, 0.2) is 17.8 Å². The van der Waals surface area contributed by atoms with Crippen molar-refractivity contribution in [2.45, 2.75) is 20.3 Å². The first-order chi connectivity index (χ1) is 8.72. The third-order valence-electron chi connectivity index (χ3n) is 2.62. The van der Waals surface area contributed by atoms with Gasteiger partial charge < -0.3 is 4.90 Å². The summed E-state index contributed by atoms with van der Waals surface area (Å²) in [5, 5.41) is 11.9. The maximum Gasteiger partial charge on any atom is 0.140 e. The van der Waals surface area contributed by atoms with E-state index in [1.54, 1.807) is 17.7 Å². The van der Waals surface area contributed by atoms with Gasteiger partial charge in [0.25, 0.3) is 0 Å². The number of anilines is 1. The number of fused-ring (bicyclic) bond motifs is 1. The Morgan fingerprint density at radius 1 is 1.44 bits per heavy atom. The van der Waals surface area contributed by atoms with Crippen LogP contribution in [0.2, 0.25) is 0 Å². The van der Waals surface area contributed by atoms with Crippen LogP contribution in [0.5, 0.6) is 0 Å². The average Bonchev–Trinajstić information content (AvgIpc) is 2.82. The molecule has 2 rings (SSSR count). The molecule has 0 aliphatic heterocycles. The molecule has 2 aromatic rings. The summed E-state index contributed by atoms with van der Waals surface area (Å²) in [4.78, 5) is 11.8. The fourth-order valence-corrected chi connectivity index (χ4v) is 2.67. The molecule has 0 fully saturated rings. The van der Waals surface area contributed by atoms with Crippen molar-refractivity contribution in [1.82, 2.24) is 9.97 Å². The monoisotopic (exact) mass is 260 g/mol. The molecule has 0 spiro atoms. The summed E-state index contributed by atoms with van der Waals surface area (Å²) in [6.45, 7) is 5.97. The molecule has 0 aliphatic carbocycles. The number of hydrogen-bond acceptors (Lipinski definition) is 5. The van der Waals surface area contributed by atoms with Crippen molar-refractivity contribution < 1.29 is 0 Å². The van der Waals surface area contributed by atoms with Gasteiger partial charge in [0.2, 0.25) is 0 Å². The molecule has 0 N–H and O–H groups in total. The lowest BCUT2D eigenvalue weighted by atomic mass is 10.2. The van der Waals surface area contributed by atoms with Gasteiger partial charge in [0.15, 0.2) is 0 Å². The normalized spacial score (nSPS) is 10.8.